The van der Waals surface area contributed by atoms with Crippen molar-refractivity contribution < 1.29 is 41.8 Å². The molecule has 12 heteroatoms. The number of nitrogens with one attached hydrogen (secondary N) is 1. The predicted octanol–water partition coefficient (Wildman–Crippen LogP) is 4.14. The fourth-order valence-electron chi connectivity index (χ4n) is 4.45. The molecule has 5 rings (SSSR count). The summed E-state index contributed by atoms with van der Waals surface area (Å²) in [4.78, 5) is 52.5. The zero-order valence-electron chi connectivity index (χ0n) is 19.2. The highest BCUT2D eigenvalue weighted by Gasteiger charge is 2.41. The van der Waals surface area contributed by atoms with Gasteiger partial charge in [0.25, 0.3) is 5.91 Å². The summed E-state index contributed by atoms with van der Waals surface area (Å²) in [5.74, 6) is -1.94. The van der Waals surface area contributed by atoms with E-state index in [0.717, 1.165) is 17.0 Å². The molecule has 0 aliphatic carbocycles. The summed E-state index contributed by atoms with van der Waals surface area (Å²) in [6, 6.07) is 11.9. The van der Waals surface area contributed by atoms with Crippen LogP contribution in [0.1, 0.15) is 23.2 Å². The van der Waals surface area contributed by atoms with Crippen molar-refractivity contribution in [2.75, 3.05) is 16.8 Å². The molecule has 0 bridgehead atoms. The molecule has 0 radical (unpaired) electrons. The van der Waals surface area contributed by atoms with Gasteiger partial charge in [-0.15, -0.1) is 13.2 Å². The van der Waals surface area contributed by atoms with Gasteiger partial charge in [-0.25, -0.2) is 4.79 Å². The number of halogens is 3. The smallest absolute Gasteiger partial charge is 0.410 e. The van der Waals surface area contributed by atoms with E-state index in [1.807, 2.05) is 0 Å². The number of alkyl halides is 3. The molecule has 190 valence electrons. The van der Waals surface area contributed by atoms with Crippen LogP contribution in [0.5, 0.6) is 11.5 Å². The summed E-state index contributed by atoms with van der Waals surface area (Å²) in [5.41, 5.74) is 0.798. The van der Waals surface area contributed by atoms with Crippen LogP contribution in [0.2, 0.25) is 0 Å². The first-order chi connectivity index (χ1) is 17.5. The Morgan fingerprint density at radius 2 is 1.81 bits per heavy atom. The van der Waals surface area contributed by atoms with E-state index >= 15 is 0 Å². The lowest BCUT2D eigenvalue weighted by Gasteiger charge is -2.30. The van der Waals surface area contributed by atoms with Gasteiger partial charge in [-0.1, -0.05) is 18.2 Å². The van der Waals surface area contributed by atoms with Crippen LogP contribution in [0, 0.1) is 0 Å². The highest BCUT2D eigenvalue weighted by molar-refractivity contribution is 6.27. The van der Waals surface area contributed by atoms with E-state index in [-0.39, 0.29) is 29.8 Å². The van der Waals surface area contributed by atoms with E-state index in [9.17, 15) is 32.3 Å². The van der Waals surface area contributed by atoms with Crippen molar-refractivity contribution in [2.45, 2.75) is 25.2 Å². The number of carbonyl (C=O) groups excluding carboxylic acids is 4. The zero-order chi connectivity index (χ0) is 26.5. The van der Waals surface area contributed by atoms with Gasteiger partial charge in [-0.3, -0.25) is 29.5 Å². The van der Waals surface area contributed by atoms with Crippen molar-refractivity contribution >= 4 is 46.0 Å². The summed E-state index contributed by atoms with van der Waals surface area (Å²) in [7, 11) is 1.31. The minimum absolute atomic E-state index is 0.0256. The third-order valence-corrected chi connectivity index (χ3v) is 6.08. The van der Waals surface area contributed by atoms with E-state index in [4.69, 9.17) is 4.74 Å². The number of ether oxygens (including phenoxy) is 2. The van der Waals surface area contributed by atoms with Crippen LogP contribution in [-0.4, -0.2) is 43.3 Å². The maximum Gasteiger partial charge on any atom is 0.573 e. The highest BCUT2D eigenvalue weighted by atomic mass is 19.4. The Balaban J connectivity index is 1.41. The van der Waals surface area contributed by atoms with Crippen LogP contribution in [0.15, 0.2) is 54.6 Å². The fourth-order valence-corrected chi connectivity index (χ4v) is 4.45. The number of hydrogen-bond acceptors (Lipinski definition) is 6. The van der Waals surface area contributed by atoms with Crippen molar-refractivity contribution in [1.82, 2.24) is 5.32 Å². The molecule has 1 atom stereocenters. The Morgan fingerprint density at radius 3 is 2.54 bits per heavy atom. The zero-order valence-corrected chi connectivity index (χ0v) is 19.2. The Hall–Kier alpha value is -4.61. The van der Waals surface area contributed by atoms with E-state index in [1.54, 1.807) is 24.3 Å². The lowest BCUT2D eigenvalue weighted by atomic mass is 10.0. The third kappa shape index (κ3) is 4.53. The van der Waals surface area contributed by atoms with Crippen LogP contribution in [-0.2, 0) is 9.59 Å². The lowest BCUT2D eigenvalue weighted by Crippen LogP contribution is -2.53. The topological polar surface area (TPSA) is 105 Å². The number of piperidine rings is 1. The molecule has 0 spiro atoms. The molecule has 1 saturated heterocycles. The molecule has 3 aromatic carbocycles. The molecular formula is C25H18F3N3O6. The second-order valence-electron chi connectivity index (χ2n) is 8.46. The van der Waals surface area contributed by atoms with Crippen molar-refractivity contribution in [3.05, 3.63) is 60.2 Å². The fraction of sp³-hybridized carbons (Fsp3) is 0.200. The summed E-state index contributed by atoms with van der Waals surface area (Å²) in [5, 5.41) is 3.39. The molecule has 9 nitrogen and oxygen atoms in total. The van der Waals surface area contributed by atoms with Gasteiger partial charge in [0.1, 0.15) is 17.5 Å². The summed E-state index contributed by atoms with van der Waals surface area (Å²) in [6.45, 7) is 0. The Labute approximate surface area is 207 Å². The highest BCUT2D eigenvalue weighted by Crippen LogP contribution is 2.41. The molecule has 1 fully saturated rings. The van der Waals surface area contributed by atoms with E-state index in [1.165, 1.54) is 30.1 Å². The van der Waals surface area contributed by atoms with Gasteiger partial charge in [0.05, 0.1) is 16.9 Å². The monoisotopic (exact) mass is 513 g/mol. The minimum atomic E-state index is -4.89. The number of anilines is 2. The summed E-state index contributed by atoms with van der Waals surface area (Å²) in [6.07, 6.45) is -5.54. The Kier molecular flexibility index (Phi) is 5.73. The molecule has 3 aromatic rings. The lowest BCUT2D eigenvalue weighted by molar-refractivity contribution is -0.274. The summed E-state index contributed by atoms with van der Waals surface area (Å²) < 4.78 is 47.0. The van der Waals surface area contributed by atoms with Gasteiger partial charge in [0.15, 0.2) is 0 Å². The average molecular weight is 513 g/mol. The van der Waals surface area contributed by atoms with Crippen LogP contribution < -0.4 is 24.6 Å². The minimum Gasteiger partial charge on any atom is -0.410 e. The molecule has 1 unspecified atom stereocenters. The number of hydrogen-bond donors (Lipinski definition) is 1. The van der Waals surface area contributed by atoms with Gasteiger partial charge in [-0.05, 0) is 42.1 Å². The van der Waals surface area contributed by atoms with Gasteiger partial charge in [0, 0.05) is 24.9 Å². The summed E-state index contributed by atoms with van der Waals surface area (Å²) >= 11 is 0. The van der Waals surface area contributed by atoms with E-state index in [0.29, 0.717) is 16.5 Å². The van der Waals surface area contributed by atoms with Crippen LogP contribution in [0.4, 0.5) is 29.3 Å². The quantitative estimate of drug-likeness (QED) is 0.526. The number of nitrogens with zero attached hydrogens (tertiary/aromatic N) is 2. The maximum absolute atomic E-state index is 13.4. The van der Waals surface area contributed by atoms with E-state index in [2.05, 4.69) is 10.1 Å². The maximum atomic E-state index is 13.4. The van der Waals surface area contributed by atoms with Crippen molar-refractivity contribution in [1.29, 1.82) is 0 Å². The van der Waals surface area contributed by atoms with Crippen molar-refractivity contribution in [3.63, 3.8) is 0 Å². The van der Waals surface area contributed by atoms with Gasteiger partial charge in [0.2, 0.25) is 11.8 Å². The standard InChI is InChI=1S/C25H18F3N3O6/c1-30(14-5-3-6-15(11-14)37-25(26,27)28)24(35)36-16-10-13-4-2-7-18-21(13)17(12-16)23(34)31(18)19-8-9-20(32)29-22(19)33/h2-7,10-12,19H,8-9H2,1H3,(H,29,32,33). The van der Waals surface area contributed by atoms with Crippen LogP contribution in [0.3, 0.4) is 0 Å². The largest absolute Gasteiger partial charge is 0.573 e. The first-order valence-electron chi connectivity index (χ1n) is 11.1. The molecule has 2 aliphatic rings. The normalized spacial score (nSPS) is 17.1. The Morgan fingerprint density at radius 1 is 1.05 bits per heavy atom. The first-order valence-corrected chi connectivity index (χ1v) is 11.1. The van der Waals surface area contributed by atoms with Crippen LogP contribution >= 0.6 is 0 Å². The number of carbonyl (C=O) groups is 4. The number of amides is 4. The molecule has 0 saturated carbocycles. The average Bonchev–Trinajstić information content (AvgIpc) is 3.10. The number of rotatable bonds is 4. The number of benzene rings is 3. The second-order valence-corrected chi connectivity index (χ2v) is 8.46. The number of imide groups is 1. The van der Waals surface area contributed by atoms with Gasteiger partial charge in [-0.2, -0.15) is 0 Å². The molecule has 1 N–H and O–H groups in total. The van der Waals surface area contributed by atoms with Crippen molar-refractivity contribution in [3.8, 4) is 11.5 Å². The van der Waals surface area contributed by atoms with Gasteiger partial charge < -0.3 is 9.47 Å². The third-order valence-electron chi connectivity index (χ3n) is 6.08. The van der Waals surface area contributed by atoms with E-state index < -0.39 is 42.0 Å². The molecule has 4 amide bonds. The molecule has 2 aliphatic heterocycles. The molecule has 37 heavy (non-hydrogen) atoms. The van der Waals surface area contributed by atoms with Crippen molar-refractivity contribution in [2.24, 2.45) is 0 Å². The Bertz CT molecular complexity index is 1470. The second kappa shape index (κ2) is 8.80. The molecular weight excluding hydrogens is 495 g/mol. The predicted molar refractivity (Wildman–Crippen MR) is 124 cm³/mol. The van der Waals surface area contributed by atoms with Gasteiger partial charge >= 0.3 is 12.5 Å². The van der Waals surface area contributed by atoms with Crippen LogP contribution in [0.25, 0.3) is 10.8 Å². The molecule has 0 aromatic heterocycles. The first kappa shape index (κ1) is 24.1. The SMILES string of the molecule is CN(C(=O)Oc1cc2c3c(cccc3c1)N(C1CCC(=O)NC1=O)C2=O)c1cccc(OC(F)(F)F)c1. The molecule has 2 heterocycles.